The van der Waals surface area contributed by atoms with Crippen molar-refractivity contribution in [3.63, 3.8) is 0 Å². The van der Waals surface area contributed by atoms with Crippen molar-refractivity contribution in [2.24, 2.45) is 0 Å². The molecule has 2 aromatic rings. The molecule has 0 aliphatic heterocycles. The summed E-state index contributed by atoms with van der Waals surface area (Å²) in [5, 5.41) is 3.59. The Hall–Kier alpha value is -1.52. The number of halogens is 1. The molecule has 0 unspecified atom stereocenters. The molecule has 2 heterocycles. The van der Waals surface area contributed by atoms with Gasteiger partial charge in [-0.3, -0.25) is 4.98 Å². The number of hydrogen-bond acceptors (Lipinski definition) is 4. The van der Waals surface area contributed by atoms with Gasteiger partial charge in [0, 0.05) is 18.9 Å². The summed E-state index contributed by atoms with van der Waals surface area (Å²) in [5.41, 5.74) is 1.52. The third-order valence-electron chi connectivity index (χ3n) is 2.04. The average Bonchev–Trinajstić information content (AvgIpc) is 2.30. The van der Waals surface area contributed by atoms with Crippen molar-refractivity contribution in [3.8, 4) is 11.5 Å². The van der Waals surface area contributed by atoms with E-state index in [9.17, 15) is 0 Å². The Morgan fingerprint density at radius 1 is 1.25 bits per heavy atom. The molecule has 1 N–H and O–H groups in total. The molecule has 0 fully saturated rings. The Morgan fingerprint density at radius 3 is 2.88 bits per heavy atom. The topological polar surface area (TPSA) is 50.7 Å². The van der Waals surface area contributed by atoms with Crippen molar-refractivity contribution < 1.29 is 0 Å². The second kappa shape index (κ2) is 5.01. The van der Waals surface area contributed by atoms with E-state index in [1.54, 1.807) is 24.5 Å². The molecule has 4 nitrogen and oxygen atoms in total. The lowest BCUT2D eigenvalue weighted by Gasteiger charge is -2.03. The molecule has 0 saturated carbocycles. The molecule has 0 aliphatic rings. The van der Waals surface area contributed by atoms with Crippen LogP contribution in [0.15, 0.2) is 30.6 Å². The first-order chi connectivity index (χ1) is 7.81. The maximum Gasteiger partial charge on any atom is 0.179 e. The van der Waals surface area contributed by atoms with Crippen LogP contribution in [0.1, 0.15) is 5.69 Å². The molecule has 0 saturated heterocycles. The fourth-order valence-corrected chi connectivity index (χ4v) is 1.55. The molecule has 0 spiro atoms. The molecular formula is C11H11ClN4. The Bertz CT molecular complexity index is 487. The zero-order valence-electron chi connectivity index (χ0n) is 8.81. The molecule has 0 aliphatic carbocycles. The number of pyridine rings is 1. The van der Waals surface area contributed by atoms with Gasteiger partial charge < -0.3 is 5.32 Å². The van der Waals surface area contributed by atoms with Crippen LogP contribution in [0.25, 0.3) is 11.5 Å². The maximum atomic E-state index is 6.03. The highest BCUT2D eigenvalue weighted by molar-refractivity contribution is 6.32. The maximum absolute atomic E-state index is 6.03. The minimum absolute atomic E-state index is 0.554. The van der Waals surface area contributed by atoms with Crippen molar-refractivity contribution in [2.45, 2.75) is 6.54 Å². The van der Waals surface area contributed by atoms with Crippen LogP contribution in [0.3, 0.4) is 0 Å². The van der Waals surface area contributed by atoms with Crippen molar-refractivity contribution in [3.05, 3.63) is 41.3 Å². The van der Waals surface area contributed by atoms with E-state index in [1.165, 1.54) is 0 Å². The van der Waals surface area contributed by atoms with Gasteiger partial charge in [0.15, 0.2) is 5.82 Å². The number of nitrogens with zero attached hydrogens (tertiary/aromatic N) is 3. The molecule has 5 heteroatoms. The zero-order valence-corrected chi connectivity index (χ0v) is 9.57. The van der Waals surface area contributed by atoms with E-state index in [4.69, 9.17) is 11.6 Å². The summed E-state index contributed by atoms with van der Waals surface area (Å²) >= 11 is 6.03. The highest BCUT2D eigenvalue weighted by atomic mass is 35.5. The summed E-state index contributed by atoms with van der Waals surface area (Å²) in [7, 11) is 1.87. The highest BCUT2D eigenvalue weighted by Gasteiger charge is 2.07. The molecule has 0 radical (unpaired) electrons. The first-order valence-corrected chi connectivity index (χ1v) is 5.26. The Balaban J connectivity index is 2.40. The predicted octanol–water partition coefficient (Wildman–Crippen LogP) is 1.91. The van der Waals surface area contributed by atoms with Crippen LogP contribution >= 0.6 is 11.6 Å². The number of rotatable bonds is 3. The Morgan fingerprint density at radius 2 is 2.12 bits per heavy atom. The van der Waals surface area contributed by atoms with Crippen LogP contribution in [0.5, 0.6) is 0 Å². The van der Waals surface area contributed by atoms with Crippen molar-refractivity contribution in [2.75, 3.05) is 7.05 Å². The largest absolute Gasteiger partial charge is 0.314 e. The van der Waals surface area contributed by atoms with Gasteiger partial charge >= 0.3 is 0 Å². The van der Waals surface area contributed by atoms with Crippen molar-refractivity contribution in [1.29, 1.82) is 0 Å². The van der Waals surface area contributed by atoms with Gasteiger partial charge in [-0.2, -0.15) is 0 Å². The fourth-order valence-electron chi connectivity index (χ4n) is 1.34. The molecule has 82 valence electrons. The summed E-state index contributed by atoms with van der Waals surface area (Å²) in [6, 6.07) is 5.41. The Labute approximate surface area is 98.7 Å². The minimum atomic E-state index is 0.554. The molecule has 0 bridgehead atoms. The van der Waals surface area contributed by atoms with E-state index in [0.717, 1.165) is 5.69 Å². The fraction of sp³-hybridized carbons (Fsp3) is 0.182. The van der Waals surface area contributed by atoms with E-state index in [0.29, 0.717) is 23.1 Å². The SMILES string of the molecule is CNCc1ccnc(-c2ncccc2Cl)n1. The van der Waals surface area contributed by atoms with Crippen LogP contribution in [-0.4, -0.2) is 22.0 Å². The number of aromatic nitrogens is 3. The van der Waals surface area contributed by atoms with E-state index in [-0.39, 0.29) is 0 Å². The van der Waals surface area contributed by atoms with Gasteiger partial charge in [0.1, 0.15) is 5.69 Å². The smallest absolute Gasteiger partial charge is 0.179 e. The highest BCUT2D eigenvalue weighted by Crippen LogP contribution is 2.21. The first kappa shape index (κ1) is 11.0. The minimum Gasteiger partial charge on any atom is -0.314 e. The molecule has 0 aromatic carbocycles. The average molecular weight is 235 g/mol. The first-order valence-electron chi connectivity index (χ1n) is 4.88. The summed E-state index contributed by atoms with van der Waals surface area (Å²) in [5.74, 6) is 0.554. The van der Waals surface area contributed by atoms with Crippen LogP contribution < -0.4 is 5.32 Å². The summed E-state index contributed by atoms with van der Waals surface area (Å²) in [6.07, 6.45) is 3.38. The van der Waals surface area contributed by atoms with Gasteiger partial charge in [-0.15, -0.1) is 0 Å². The lowest BCUT2D eigenvalue weighted by atomic mass is 10.3. The third-order valence-corrected chi connectivity index (χ3v) is 2.35. The van der Waals surface area contributed by atoms with Crippen LogP contribution in [0, 0.1) is 0 Å². The van der Waals surface area contributed by atoms with E-state index < -0.39 is 0 Å². The quantitative estimate of drug-likeness (QED) is 0.882. The van der Waals surface area contributed by atoms with E-state index in [1.807, 2.05) is 13.1 Å². The normalized spacial score (nSPS) is 10.4. The lowest BCUT2D eigenvalue weighted by Crippen LogP contribution is -2.07. The van der Waals surface area contributed by atoms with Crippen LogP contribution in [0.4, 0.5) is 0 Å². The van der Waals surface area contributed by atoms with Gasteiger partial charge in [0.2, 0.25) is 0 Å². The van der Waals surface area contributed by atoms with E-state index >= 15 is 0 Å². The molecule has 0 amide bonds. The van der Waals surface area contributed by atoms with Crippen LogP contribution in [0.2, 0.25) is 5.02 Å². The molecule has 16 heavy (non-hydrogen) atoms. The molecule has 2 aromatic heterocycles. The van der Waals surface area contributed by atoms with Gasteiger partial charge in [-0.05, 0) is 25.2 Å². The summed E-state index contributed by atoms with van der Waals surface area (Å²) in [4.78, 5) is 12.7. The second-order valence-corrected chi connectivity index (χ2v) is 3.64. The van der Waals surface area contributed by atoms with Crippen molar-refractivity contribution >= 4 is 11.6 Å². The summed E-state index contributed by atoms with van der Waals surface area (Å²) in [6.45, 7) is 0.694. The van der Waals surface area contributed by atoms with Gasteiger partial charge in [-0.1, -0.05) is 11.6 Å². The van der Waals surface area contributed by atoms with E-state index in [2.05, 4.69) is 20.3 Å². The second-order valence-electron chi connectivity index (χ2n) is 3.24. The number of nitrogens with one attached hydrogen (secondary N) is 1. The zero-order chi connectivity index (χ0) is 11.4. The van der Waals surface area contributed by atoms with Crippen molar-refractivity contribution in [1.82, 2.24) is 20.3 Å². The third kappa shape index (κ3) is 2.35. The number of hydrogen-bond donors (Lipinski definition) is 1. The monoisotopic (exact) mass is 234 g/mol. The Kier molecular flexibility index (Phi) is 3.44. The molecule has 0 atom stereocenters. The van der Waals surface area contributed by atoms with Gasteiger partial charge in [-0.25, -0.2) is 9.97 Å². The predicted molar refractivity (Wildman–Crippen MR) is 63.0 cm³/mol. The van der Waals surface area contributed by atoms with Crippen LogP contribution in [-0.2, 0) is 6.54 Å². The lowest BCUT2D eigenvalue weighted by molar-refractivity contribution is 0.787. The van der Waals surface area contributed by atoms with Gasteiger partial charge in [0.25, 0.3) is 0 Å². The van der Waals surface area contributed by atoms with Gasteiger partial charge in [0.05, 0.1) is 10.7 Å². The molecular weight excluding hydrogens is 224 g/mol. The summed E-state index contributed by atoms with van der Waals surface area (Å²) < 4.78 is 0. The standard InChI is InChI=1S/C11H11ClN4/c1-13-7-8-4-6-15-11(16-8)10-9(12)3-2-5-14-10/h2-6,13H,7H2,1H3. The molecule has 2 rings (SSSR count).